The highest BCUT2D eigenvalue weighted by atomic mass is 16.7. The van der Waals surface area contributed by atoms with Crippen molar-refractivity contribution < 1.29 is 23.9 Å². The summed E-state index contributed by atoms with van der Waals surface area (Å²) in [6.45, 7) is 8.36. The summed E-state index contributed by atoms with van der Waals surface area (Å²) in [5, 5.41) is 9.04. The second-order valence-electron chi connectivity index (χ2n) is 7.82. The molecule has 1 fully saturated rings. The summed E-state index contributed by atoms with van der Waals surface area (Å²) in [5.41, 5.74) is 1.55. The first kappa shape index (κ1) is 20.2. The predicted octanol–water partition coefficient (Wildman–Crippen LogP) is 3.66. The summed E-state index contributed by atoms with van der Waals surface area (Å²) < 4.78 is 18.1. The first-order valence-corrected chi connectivity index (χ1v) is 9.25. The highest BCUT2D eigenvalue weighted by Gasteiger charge is 2.52. The van der Waals surface area contributed by atoms with Gasteiger partial charge in [0.2, 0.25) is 0 Å². The largest absolute Gasteiger partial charge is 0.495 e. The topological polar surface area (TPSA) is 65.0 Å². The van der Waals surface area contributed by atoms with Crippen LogP contribution >= 0.6 is 0 Å². The minimum atomic E-state index is -1.02. The Morgan fingerprint density at radius 3 is 2.32 bits per heavy atom. The number of benzene rings is 2. The highest BCUT2D eigenvalue weighted by molar-refractivity contribution is 6.63. The van der Waals surface area contributed by atoms with Gasteiger partial charge in [-0.3, -0.25) is 0 Å². The summed E-state index contributed by atoms with van der Waals surface area (Å²) in [6, 6.07) is 15.4. The monoisotopic (exact) mass is 380 g/mol. The molecule has 5 nitrogen and oxygen atoms in total. The maximum Gasteiger partial charge on any atom is 0.495 e. The molecule has 0 spiro atoms. The lowest BCUT2D eigenvalue weighted by atomic mass is 9.75. The molecule has 0 unspecified atom stereocenters. The van der Waals surface area contributed by atoms with Gasteiger partial charge in [-0.25, -0.2) is 4.79 Å². The molecule has 3 rings (SSSR count). The number of carboxylic acids is 1. The van der Waals surface area contributed by atoms with Crippen LogP contribution in [0.5, 0.6) is 5.75 Å². The molecule has 2 aromatic carbocycles. The molecular formula is C22H25BO5. The Morgan fingerprint density at radius 2 is 1.71 bits per heavy atom. The predicted molar refractivity (Wildman–Crippen MR) is 110 cm³/mol. The number of carboxylic acid groups (broad SMARTS) is 1. The van der Waals surface area contributed by atoms with Gasteiger partial charge in [-0.1, -0.05) is 36.4 Å². The van der Waals surface area contributed by atoms with E-state index in [9.17, 15) is 4.79 Å². The van der Waals surface area contributed by atoms with Gasteiger partial charge >= 0.3 is 13.1 Å². The van der Waals surface area contributed by atoms with Crippen LogP contribution in [-0.2, 0) is 20.7 Å². The summed E-state index contributed by atoms with van der Waals surface area (Å²) >= 11 is 0. The third-order valence-corrected chi connectivity index (χ3v) is 5.22. The van der Waals surface area contributed by atoms with Gasteiger partial charge in [0.25, 0.3) is 0 Å². The molecule has 0 atom stereocenters. The lowest BCUT2D eigenvalue weighted by Crippen LogP contribution is -2.41. The SMILES string of the molecule is CC1(C)OB(c2ccc(OCc3ccccc3)cc2C=CC(=O)O)OC1(C)C. The molecule has 1 saturated heterocycles. The van der Waals surface area contributed by atoms with Crippen LogP contribution in [0.15, 0.2) is 54.6 Å². The number of hydrogen-bond donors (Lipinski definition) is 1. The normalized spacial score (nSPS) is 17.8. The van der Waals surface area contributed by atoms with Crippen molar-refractivity contribution in [1.82, 2.24) is 0 Å². The van der Waals surface area contributed by atoms with Crippen LogP contribution in [0.4, 0.5) is 0 Å². The summed E-state index contributed by atoms with van der Waals surface area (Å²) in [4.78, 5) is 11.0. The van der Waals surface area contributed by atoms with Gasteiger partial charge in [0, 0.05) is 6.08 Å². The second-order valence-corrected chi connectivity index (χ2v) is 7.82. The third-order valence-electron chi connectivity index (χ3n) is 5.22. The minimum absolute atomic E-state index is 0.429. The van der Waals surface area contributed by atoms with Crippen LogP contribution in [0.3, 0.4) is 0 Å². The Bertz CT molecular complexity index is 858. The van der Waals surface area contributed by atoms with Gasteiger partial charge in [-0.05, 0) is 62.5 Å². The fourth-order valence-corrected chi connectivity index (χ4v) is 2.87. The van der Waals surface area contributed by atoms with E-state index < -0.39 is 24.3 Å². The number of hydrogen-bond acceptors (Lipinski definition) is 4. The zero-order valence-corrected chi connectivity index (χ0v) is 16.6. The quantitative estimate of drug-likeness (QED) is 0.612. The van der Waals surface area contributed by atoms with E-state index in [2.05, 4.69) is 0 Å². The van der Waals surface area contributed by atoms with Crippen LogP contribution in [-0.4, -0.2) is 29.4 Å². The van der Waals surface area contributed by atoms with E-state index in [0.717, 1.165) is 17.1 Å². The summed E-state index contributed by atoms with van der Waals surface area (Å²) in [7, 11) is -0.582. The average Bonchev–Trinajstić information content (AvgIpc) is 2.86. The van der Waals surface area contributed by atoms with Crippen LogP contribution in [0.2, 0.25) is 0 Å². The van der Waals surface area contributed by atoms with Crippen molar-refractivity contribution in [2.75, 3.05) is 0 Å². The van der Waals surface area contributed by atoms with Crippen molar-refractivity contribution >= 4 is 24.6 Å². The van der Waals surface area contributed by atoms with E-state index >= 15 is 0 Å². The number of rotatable bonds is 6. The van der Waals surface area contributed by atoms with Gasteiger partial charge in [0.05, 0.1) is 11.2 Å². The molecule has 1 aliphatic heterocycles. The smallest absolute Gasteiger partial charge is 0.489 e. The third kappa shape index (κ3) is 4.46. The van der Waals surface area contributed by atoms with Gasteiger partial charge in [-0.2, -0.15) is 0 Å². The molecule has 28 heavy (non-hydrogen) atoms. The molecule has 1 aliphatic rings. The lowest BCUT2D eigenvalue weighted by molar-refractivity contribution is -0.131. The maximum absolute atomic E-state index is 11.0. The first-order valence-electron chi connectivity index (χ1n) is 9.25. The van der Waals surface area contributed by atoms with Crippen molar-refractivity contribution in [3.63, 3.8) is 0 Å². The van der Waals surface area contributed by atoms with Gasteiger partial charge < -0.3 is 19.2 Å². The second kappa shape index (κ2) is 7.82. The van der Waals surface area contributed by atoms with Gasteiger partial charge in [0.15, 0.2) is 0 Å². The molecule has 0 aromatic heterocycles. The molecule has 2 aromatic rings. The fraction of sp³-hybridized carbons (Fsp3) is 0.318. The minimum Gasteiger partial charge on any atom is -0.489 e. The van der Waals surface area contributed by atoms with E-state index in [0.29, 0.717) is 17.9 Å². The molecule has 0 aliphatic carbocycles. The Labute approximate surface area is 166 Å². The summed E-state index contributed by atoms with van der Waals surface area (Å²) in [6.07, 6.45) is 2.64. The molecule has 6 heteroatoms. The van der Waals surface area contributed by atoms with E-state index in [1.165, 1.54) is 6.08 Å². The summed E-state index contributed by atoms with van der Waals surface area (Å²) in [5.74, 6) is -0.371. The standard InChI is InChI=1S/C22H25BO5/c1-21(2)22(3,4)28-23(27-21)19-12-11-18(14-17(19)10-13-20(24)25)26-15-16-8-6-5-7-9-16/h5-14H,15H2,1-4H3,(H,24,25). The molecule has 1 heterocycles. The Balaban J connectivity index is 1.87. The maximum atomic E-state index is 11.0. The highest BCUT2D eigenvalue weighted by Crippen LogP contribution is 2.37. The molecular weight excluding hydrogens is 355 g/mol. The Kier molecular flexibility index (Phi) is 5.63. The molecule has 0 radical (unpaired) electrons. The van der Waals surface area contributed by atoms with Crippen LogP contribution in [0.25, 0.3) is 6.08 Å². The van der Waals surface area contributed by atoms with Crippen LogP contribution in [0, 0.1) is 0 Å². The van der Waals surface area contributed by atoms with E-state index in [1.54, 1.807) is 0 Å². The molecule has 1 N–H and O–H groups in total. The first-order chi connectivity index (χ1) is 13.2. The van der Waals surface area contributed by atoms with E-state index in [-0.39, 0.29) is 0 Å². The number of ether oxygens (including phenoxy) is 1. The van der Waals surface area contributed by atoms with Crippen molar-refractivity contribution in [1.29, 1.82) is 0 Å². The Morgan fingerprint density at radius 1 is 1.07 bits per heavy atom. The number of carbonyl (C=O) groups is 1. The van der Waals surface area contributed by atoms with Crippen molar-refractivity contribution in [2.45, 2.75) is 45.5 Å². The lowest BCUT2D eigenvalue weighted by Gasteiger charge is -2.32. The van der Waals surface area contributed by atoms with Crippen molar-refractivity contribution in [3.8, 4) is 5.75 Å². The molecule has 0 amide bonds. The van der Waals surface area contributed by atoms with Gasteiger partial charge in [0.1, 0.15) is 12.4 Å². The van der Waals surface area contributed by atoms with Crippen molar-refractivity contribution in [2.24, 2.45) is 0 Å². The zero-order chi connectivity index (χ0) is 20.4. The van der Waals surface area contributed by atoms with Crippen molar-refractivity contribution in [3.05, 3.63) is 65.7 Å². The molecule has 0 saturated carbocycles. The fourth-order valence-electron chi connectivity index (χ4n) is 2.87. The van der Waals surface area contributed by atoms with E-state index in [4.69, 9.17) is 19.2 Å². The molecule has 0 bridgehead atoms. The zero-order valence-electron chi connectivity index (χ0n) is 16.6. The average molecular weight is 380 g/mol. The van der Waals surface area contributed by atoms with E-state index in [1.807, 2.05) is 76.2 Å². The number of aliphatic carboxylic acids is 1. The van der Waals surface area contributed by atoms with Gasteiger partial charge in [-0.15, -0.1) is 0 Å². The molecule has 146 valence electrons. The Hall–Kier alpha value is -2.57. The van der Waals surface area contributed by atoms with Crippen LogP contribution in [0.1, 0.15) is 38.8 Å². The van der Waals surface area contributed by atoms with Crippen LogP contribution < -0.4 is 10.2 Å².